The van der Waals surface area contributed by atoms with Gasteiger partial charge in [-0.15, -0.1) is 0 Å². The van der Waals surface area contributed by atoms with Crippen molar-refractivity contribution in [2.45, 2.75) is 51.3 Å². The fourth-order valence-corrected chi connectivity index (χ4v) is 3.85. The second-order valence-electron chi connectivity index (χ2n) is 4.14. The number of hydrogen-bond acceptors (Lipinski definition) is 4. The quantitative estimate of drug-likeness (QED) is 0.643. The summed E-state index contributed by atoms with van der Waals surface area (Å²) < 4.78 is 31.2. The van der Waals surface area contributed by atoms with E-state index in [0.29, 0.717) is 19.6 Å². The molecule has 0 amide bonds. The molecule has 0 bridgehead atoms. The van der Waals surface area contributed by atoms with Crippen LogP contribution in [0.25, 0.3) is 0 Å². The lowest BCUT2D eigenvalue weighted by atomic mass is 10.2. The molecule has 0 aromatic carbocycles. The van der Waals surface area contributed by atoms with Gasteiger partial charge in [-0.1, -0.05) is 20.8 Å². The Kier molecular flexibility index (Phi) is 8.16. The molecule has 18 heavy (non-hydrogen) atoms. The summed E-state index contributed by atoms with van der Waals surface area (Å²) >= 11 is 0. The van der Waals surface area contributed by atoms with E-state index in [-0.39, 0.29) is 6.04 Å². The highest BCUT2D eigenvalue weighted by Gasteiger charge is 2.34. The molecule has 0 radical (unpaired) electrons. The number of rotatable bonds is 9. The van der Waals surface area contributed by atoms with E-state index in [1.807, 2.05) is 19.9 Å². The molecular formula is C12H24N2O3S. The summed E-state index contributed by atoms with van der Waals surface area (Å²) in [6.07, 6.45) is 1.78. The van der Waals surface area contributed by atoms with Crippen LogP contribution in [0.3, 0.4) is 0 Å². The van der Waals surface area contributed by atoms with Crippen molar-refractivity contribution in [3.8, 4) is 6.07 Å². The minimum atomic E-state index is -3.57. The van der Waals surface area contributed by atoms with E-state index in [9.17, 15) is 8.42 Å². The first-order valence-electron chi connectivity index (χ1n) is 6.38. The maximum atomic E-state index is 12.4. The van der Waals surface area contributed by atoms with E-state index in [2.05, 4.69) is 0 Å². The molecule has 0 saturated carbocycles. The Labute approximate surface area is 111 Å². The van der Waals surface area contributed by atoms with E-state index < -0.39 is 15.3 Å². The molecule has 0 aliphatic rings. The van der Waals surface area contributed by atoms with Gasteiger partial charge in [0.05, 0.1) is 12.7 Å². The summed E-state index contributed by atoms with van der Waals surface area (Å²) in [5.74, 6) is 0. The monoisotopic (exact) mass is 276 g/mol. The molecule has 6 heteroatoms. The van der Waals surface area contributed by atoms with Crippen molar-refractivity contribution in [3.05, 3.63) is 0 Å². The van der Waals surface area contributed by atoms with Crippen LogP contribution >= 0.6 is 0 Å². The van der Waals surface area contributed by atoms with Crippen LogP contribution in [0.2, 0.25) is 0 Å². The molecule has 0 fully saturated rings. The van der Waals surface area contributed by atoms with Crippen LogP contribution in [0, 0.1) is 11.3 Å². The lowest BCUT2D eigenvalue weighted by molar-refractivity contribution is 0.163. The lowest BCUT2D eigenvalue weighted by Crippen LogP contribution is -2.45. The van der Waals surface area contributed by atoms with E-state index >= 15 is 0 Å². The van der Waals surface area contributed by atoms with Crippen LogP contribution in [-0.2, 0) is 14.8 Å². The first kappa shape index (κ1) is 17.4. The Morgan fingerprint density at radius 1 is 1.22 bits per heavy atom. The van der Waals surface area contributed by atoms with Crippen LogP contribution in [0.1, 0.15) is 40.0 Å². The Morgan fingerprint density at radius 3 is 2.11 bits per heavy atom. The minimum Gasteiger partial charge on any atom is -0.383 e. The summed E-state index contributed by atoms with van der Waals surface area (Å²) in [6.45, 7) is 6.28. The summed E-state index contributed by atoms with van der Waals surface area (Å²) in [5, 5.41) is 8.01. The molecule has 0 rings (SSSR count). The predicted octanol–water partition coefficient (Wildman–Crippen LogP) is 1.76. The van der Waals surface area contributed by atoms with Crippen molar-refractivity contribution in [3.63, 3.8) is 0 Å². The Morgan fingerprint density at radius 2 is 1.78 bits per heavy atom. The smallest absolute Gasteiger partial charge is 0.230 e. The largest absolute Gasteiger partial charge is 0.383 e. The molecule has 106 valence electrons. The maximum absolute atomic E-state index is 12.4. The van der Waals surface area contributed by atoms with E-state index in [4.69, 9.17) is 10.00 Å². The van der Waals surface area contributed by atoms with Gasteiger partial charge in [0.2, 0.25) is 10.0 Å². The highest BCUT2D eigenvalue weighted by Crippen LogP contribution is 2.19. The zero-order chi connectivity index (χ0) is 14.2. The van der Waals surface area contributed by atoms with Gasteiger partial charge < -0.3 is 4.74 Å². The fourth-order valence-electron chi connectivity index (χ4n) is 1.93. The van der Waals surface area contributed by atoms with Crippen LogP contribution < -0.4 is 0 Å². The number of nitriles is 1. The number of hydrogen-bond donors (Lipinski definition) is 0. The Bertz CT molecular complexity index is 358. The van der Waals surface area contributed by atoms with Crippen molar-refractivity contribution in [1.82, 2.24) is 4.31 Å². The molecule has 0 spiro atoms. The highest BCUT2D eigenvalue weighted by molar-refractivity contribution is 7.90. The maximum Gasteiger partial charge on any atom is 0.230 e. The van der Waals surface area contributed by atoms with Gasteiger partial charge in [0.1, 0.15) is 0 Å². The fraction of sp³-hybridized carbons (Fsp3) is 0.917. The molecule has 0 aliphatic carbocycles. The molecule has 1 unspecified atom stereocenters. The zero-order valence-corrected chi connectivity index (χ0v) is 12.5. The van der Waals surface area contributed by atoms with Gasteiger partial charge in [-0.25, -0.2) is 8.42 Å². The van der Waals surface area contributed by atoms with Gasteiger partial charge in [-0.3, -0.25) is 0 Å². The second kappa shape index (κ2) is 8.46. The molecule has 0 aliphatic heterocycles. The van der Waals surface area contributed by atoms with Gasteiger partial charge in [0.25, 0.3) is 0 Å². The van der Waals surface area contributed by atoms with Crippen LogP contribution in [0.4, 0.5) is 0 Å². The van der Waals surface area contributed by atoms with Crippen LogP contribution in [0.15, 0.2) is 0 Å². The first-order valence-corrected chi connectivity index (χ1v) is 7.88. The molecule has 0 aromatic heterocycles. The second-order valence-corrected chi connectivity index (χ2v) is 6.21. The van der Waals surface area contributed by atoms with Crippen LogP contribution in [-0.4, -0.2) is 44.3 Å². The third-order valence-corrected chi connectivity index (χ3v) is 5.36. The van der Waals surface area contributed by atoms with Crippen molar-refractivity contribution < 1.29 is 13.2 Å². The van der Waals surface area contributed by atoms with Gasteiger partial charge in [-0.05, 0) is 19.3 Å². The molecule has 0 aromatic rings. The molecule has 5 nitrogen and oxygen atoms in total. The number of sulfonamides is 1. The SMILES string of the molecule is CCC(CC)N(CCOC)S(=O)(=O)C(C#N)CC. The van der Waals surface area contributed by atoms with E-state index in [0.717, 1.165) is 12.8 Å². The molecule has 1 atom stereocenters. The summed E-state index contributed by atoms with van der Waals surface area (Å²) in [5.41, 5.74) is 0. The minimum absolute atomic E-state index is 0.0625. The van der Waals surface area contributed by atoms with Gasteiger partial charge in [0.15, 0.2) is 5.25 Å². The van der Waals surface area contributed by atoms with Gasteiger partial charge in [0, 0.05) is 19.7 Å². The molecular weight excluding hydrogens is 252 g/mol. The van der Waals surface area contributed by atoms with Gasteiger partial charge >= 0.3 is 0 Å². The van der Waals surface area contributed by atoms with Crippen molar-refractivity contribution >= 4 is 10.0 Å². The number of ether oxygens (including phenoxy) is 1. The zero-order valence-electron chi connectivity index (χ0n) is 11.7. The first-order chi connectivity index (χ1) is 8.49. The lowest BCUT2D eigenvalue weighted by Gasteiger charge is -2.30. The third-order valence-electron chi connectivity index (χ3n) is 3.07. The Balaban J connectivity index is 5.22. The summed E-state index contributed by atoms with van der Waals surface area (Å²) in [6, 6.07) is 1.82. The average molecular weight is 276 g/mol. The van der Waals surface area contributed by atoms with Gasteiger partial charge in [-0.2, -0.15) is 9.57 Å². The molecule has 0 N–H and O–H groups in total. The van der Waals surface area contributed by atoms with Crippen LogP contribution in [0.5, 0.6) is 0 Å². The van der Waals surface area contributed by atoms with E-state index in [1.165, 1.54) is 4.31 Å². The number of nitrogens with zero attached hydrogens (tertiary/aromatic N) is 2. The molecule has 0 saturated heterocycles. The standard InChI is InChI=1S/C12H24N2O3S/c1-5-11(6-2)14(8-9-17-4)18(15,16)12(7-3)10-13/h11-12H,5-9H2,1-4H3. The van der Waals surface area contributed by atoms with Crippen molar-refractivity contribution in [2.75, 3.05) is 20.3 Å². The van der Waals surface area contributed by atoms with Crippen molar-refractivity contribution in [1.29, 1.82) is 5.26 Å². The highest BCUT2D eigenvalue weighted by atomic mass is 32.2. The topological polar surface area (TPSA) is 70.4 Å². The summed E-state index contributed by atoms with van der Waals surface area (Å²) in [7, 11) is -2.03. The third kappa shape index (κ3) is 4.23. The van der Waals surface area contributed by atoms with E-state index in [1.54, 1.807) is 14.0 Å². The average Bonchev–Trinajstić information content (AvgIpc) is 2.35. The molecule has 0 heterocycles. The van der Waals surface area contributed by atoms with Crippen molar-refractivity contribution in [2.24, 2.45) is 0 Å². The number of methoxy groups -OCH3 is 1. The normalized spacial score (nSPS) is 13.8. The Hall–Kier alpha value is -0.640. The summed E-state index contributed by atoms with van der Waals surface area (Å²) in [4.78, 5) is 0. The predicted molar refractivity (Wildman–Crippen MR) is 71.6 cm³/mol.